The molecule has 4 rings (SSSR count). The van der Waals surface area contributed by atoms with Gasteiger partial charge in [0.25, 0.3) is 5.22 Å². The summed E-state index contributed by atoms with van der Waals surface area (Å²) in [7, 11) is 1.57. The third-order valence-electron chi connectivity index (χ3n) is 3.99. The molecule has 140 valence electrons. The van der Waals surface area contributed by atoms with Crippen molar-refractivity contribution in [1.82, 2.24) is 10.2 Å². The fourth-order valence-electron chi connectivity index (χ4n) is 2.60. The molecule has 0 saturated carbocycles. The summed E-state index contributed by atoms with van der Waals surface area (Å²) < 4.78 is 16.0. The van der Waals surface area contributed by atoms with Gasteiger partial charge in [-0.25, -0.2) is 4.79 Å². The molecule has 2 aromatic heterocycles. The van der Waals surface area contributed by atoms with Crippen LogP contribution < -0.4 is 10.4 Å². The summed E-state index contributed by atoms with van der Waals surface area (Å²) >= 11 is 1.06. The number of thioether (sulfide) groups is 1. The fourth-order valence-corrected chi connectivity index (χ4v) is 3.25. The second-order valence-corrected chi connectivity index (χ2v) is 6.73. The first kappa shape index (κ1) is 18.0. The van der Waals surface area contributed by atoms with E-state index in [0.717, 1.165) is 11.8 Å². The minimum atomic E-state index is -0.660. The molecule has 0 amide bonds. The van der Waals surface area contributed by atoms with Gasteiger partial charge in [-0.3, -0.25) is 4.79 Å². The Morgan fingerprint density at radius 2 is 1.93 bits per heavy atom. The Labute approximate surface area is 163 Å². The van der Waals surface area contributed by atoms with Gasteiger partial charge in [0, 0.05) is 10.9 Å². The number of rotatable bonds is 6. The molecule has 4 aromatic rings. The van der Waals surface area contributed by atoms with E-state index in [1.54, 1.807) is 37.4 Å². The maximum atomic E-state index is 12.5. The van der Waals surface area contributed by atoms with Gasteiger partial charge in [0.05, 0.1) is 12.9 Å². The number of fused-ring (bicyclic) bond motifs is 1. The number of nitrogens with zero attached hydrogens (tertiary/aromatic N) is 2. The van der Waals surface area contributed by atoms with Crippen LogP contribution in [0.3, 0.4) is 0 Å². The Balaban J connectivity index is 1.49. The molecular weight excluding hydrogens is 380 g/mol. The molecule has 2 heterocycles. The highest BCUT2D eigenvalue weighted by Gasteiger charge is 2.16. The van der Waals surface area contributed by atoms with E-state index >= 15 is 0 Å². The van der Waals surface area contributed by atoms with Crippen molar-refractivity contribution in [1.29, 1.82) is 0 Å². The molecule has 8 heteroatoms. The minimum Gasteiger partial charge on any atom is -0.497 e. The molecule has 7 nitrogen and oxygen atoms in total. The summed E-state index contributed by atoms with van der Waals surface area (Å²) in [5.41, 5.74) is 0.488. The highest BCUT2D eigenvalue weighted by molar-refractivity contribution is 7.99. The van der Waals surface area contributed by atoms with Crippen LogP contribution in [0.1, 0.15) is 10.4 Å². The Bertz CT molecular complexity index is 1210. The van der Waals surface area contributed by atoms with E-state index < -0.39 is 5.63 Å². The van der Waals surface area contributed by atoms with E-state index in [2.05, 4.69) is 10.2 Å². The van der Waals surface area contributed by atoms with Crippen LogP contribution in [-0.4, -0.2) is 28.8 Å². The van der Waals surface area contributed by atoms with Crippen LogP contribution >= 0.6 is 11.8 Å². The molecule has 0 aliphatic heterocycles. The third-order valence-corrected chi connectivity index (χ3v) is 4.81. The molecular formula is C20H14N2O5S. The highest BCUT2D eigenvalue weighted by atomic mass is 32.2. The summed E-state index contributed by atoms with van der Waals surface area (Å²) in [5, 5.41) is 8.85. The number of benzene rings is 2. The number of hydrogen-bond acceptors (Lipinski definition) is 8. The average molecular weight is 394 g/mol. The monoisotopic (exact) mass is 394 g/mol. The first-order valence-corrected chi connectivity index (χ1v) is 9.29. The number of methoxy groups -OCH3 is 1. The lowest BCUT2D eigenvalue weighted by Crippen LogP contribution is -2.15. The van der Waals surface area contributed by atoms with E-state index in [-0.39, 0.29) is 22.3 Å². The topological polar surface area (TPSA) is 95.4 Å². The predicted molar refractivity (Wildman–Crippen MR) is 104 cm³/mol. The number of carbonyl (C=O) groups excluding carboxylic acids is 1. The molecule has 0 atom stereocenters. The van der Waals surface area contributed by atoms with Gasteiger partial charge in [-0.15, -0.1) is 10.2 Å². The molecule has 0 radical (unpaired) electrons. The number of hydrogen-bond donors (Lipinski definition) is 0. The minimum absolute atomic E-state index is 0.00117. The lowest BCUT2D eigenvalue weighted by atomic mass is 10.1. The lowest BCUT2D eigenvalue weighted by molar-refractivity contribution is 0.101. The molecule has 0 N–H and O–H groups in total. The Hall–Kier alpha value is -3.39. The molecule has 0 fully saturated rings. The fraction of sp³-hybridized carbons (Fsp3) is 0.100. The molecule has 28 heavy (non-hydrogen) atoms. The molecule has 0 saturated heterocycles. The number of Topliss-reactive ketones (excluding diaryl/α,β-unsaturated/α-hetero) is 1. The number of aromatic nitrogens is 2. The van der Waals surface area contributed by atoms with Crippen molar-refractivity contribution in [3.05, 3.63) is 70.6 Å². The Morgan fingerprint density at radius 3 is 2.79 bits per heavy atom. The summed E-state index contributed by atoms with van der Waals surface area (Å²) in [6.07, 6.45) is 0. The third kappa shape index (κ3) is 3.67. The van der Waals surface area contributed by atoms with Crippen LogP contribution in [0.4, 0.5) is 0 Å². The molecule has 0 aliphatic carbocycles. The molecule has 0 spiro atoms. The van der Waals surface area contributed by atoms with E-state index in [1.165, 1.54) is 0 Å². The van der Waals surface area contributed by atoms with Gasteiger partial charge >= 0.3 is 5.63 Å². The summed E-state index contributed by atoms with van der Waals surface area (Å²) in [6.45, 7) is 0. The van der Waals surface area contributed by atoms with Crippen molar-refractivity contribution in [3.8, 4) is 17.2 Å². The average Bonchev–Trinajstić information content (AvgIpc) is 3.20. The van der Waals surface area contributed by atoms with Crippen molar-refractivity contribution in [2.24, 2.45) is 0 Å². The summed E-state index contributed by atoms with van der Waals surface area (Å²) in [5.74, 6) is 0.593. The summed E-state index contributed by atoms with van der Waals surface area (Å²) in [6, 6.07) is 15.8. The van der Waals surface area contributed by atoms with Crippen molar-refractivity contribution >= 4 is 28.5 Å². The van der Waals surface area contributed by atoms with Gasteiger partial charge < -0.3 is 13.6 Å². The van der Waals surface area contributed by atoms with Crippen LogP contribution in [0, 0.1) is 0 Å². The maximum absolute atomic E-state index is 12.5. The number of carbonyl (C=O) groups is 1. The van der Waals surface area contributed by atoms with Gasteiger partial charge in [0.15, 0.2) is 5.78 Å². The highest BCUT2D eigenvalue weighted by Crippen LogP contribution is 2.26. The number of para-hydroxylation sites is 1. The van der Waals surface area contributed by atoms with Crippen molar-refractivity contribution in [3.63, 3.8) is 0 Å². The molecule has 0 bridgehead atoms. The van der Waals surface area contributed by atoms with Crippen molar-refractivity contribution < 1.29 is 18.4 Å². The molecule has 0 aliphatic rings. The van der Waals surface area contributed by atoms with E-state index in [4.69, 9.17) is 13.6 Å². The van der Waals surface area contributed by atoms with Gasteiger partial charge in [-0.1, -0.05) is 36.0 Å². The van der Waals surface area contributed by atoms with Gasteiger partial charge in [0.1, 0.15) is 16.9 Å². The SMILES string of the molecule is COc1cccc(-c2nnc(SCC(=O)c3cc4ccccc4oc3=O)o2)c1. The zero-order valence-corrected chi connectivity index (χ0v) is 15.6. The Morgan fingerprint density at radius 1 is 1.07 bits per heavy atom. The molecule has 0 unspecified atom stereocenters. The van der Waals surface area contributed by atoms with Gasteiger partial charge in [-0.05, 0) is 30.3 Å². The standard InChI is InChI=1S/C20H14N2O5S/c1-25-14-7-4-6-13(9-14)18-21-22-20(27-18)28-11-16(23)15-10-12-5-2-3-8-17(12)26-19(15)24/h2-10H,11H2,1H3. The van der Waals surface area contributed by atoms with E-state index in [1.807, 2.05) is 24.3 Å². The quantitative estimate of drug-likeness (QED) is 0.277. The summed E-state index contributed by atoms with van der Waals surface area (Å²) in [4.78, 5) is 24.5. The number of ether oxygens (including phenoxy) is 1. The van der Waals surface area contributed by atoms with Crippen LogP contribution in [0.15, 0.2) is 73.4 Å². The zero-order chi connectivity index (χ0) is 19.5. The second-order valence-electron chi connectivity index (χ2n) is 5.80. The Kier molecular flexibility index (Phi) is 4.94. The lowest BCUT2D eigenvalue weighted by Gasteiger charge is -2.01. The van der Waals surface area contributed by atoms with Crippen LogP contribution in [-0.2, 0) is 0 Å². The second kappa shape index (κ2) is 7.69. The largest absolute Gasteiger partial charge is 0.497 e. The van der Waals surface area contributed by atoms with Crippen molar-refractivity contribution in [2.75, 3.05) is 12.9 Å². The zero-order valence-electron chi connectivity index (χ0n) is 14.7. The number of ketones is 1. The van der Waals surface area contributed by atoms with Crippen LogP contribution in [0.25, 0.3) is 22.4 Å². The van der Waals surface area contributed by atoms with Crippen LogP contribution in [0.5, 0.6) is 5.75 Å². The van der Waals surface area contributed by atoms with E-state index in [0.29, 0.717) is 28.2 Å². The van der Waals surface area contributed by atoms with E-state index in [9.17, 15) is 9.59 Å². The maximum Gasteiger partial charge on any atom is 0.347 e. The van der Waals surface area contributed by atoms with Crippen molar-refractivity contribution in [2.45, 2.75) is 5.22 Å². The van der Waals surface area contributed by atoms with Gasteiger partial charge in [-0.2, -0.15) is 0 Å². The normalized spacial score (nSPS) is 10.9. The molecule has 2 aromatic carbocycles. The smallest absolute Gasteiger partial charge is 0.347 e. The van der Waals surface area contributed by atoms with Gasteiger partial charge in [0.2, 0.25) is 5.89 Å². The van der Waals surface area contributed by atoms with Crippen LogP contribution in [0.2, 0.25) is 0 Å². The predicted octanol–water partition coefficient (Wildman–Crippen LogP) is 3.83. The first-order valence-electron chi connectivity index (χ1n) is 8.31. The first-order chi connectivity index (χ1) is 13.6.